The van der Waals surface area contributed by atoms with Gasteiger partial charge in [-0.05, 0) is 179 Å². The number of para-hydroxylation sites is 3. The number of benzene rings is 15. The third kappa shape index (κ3) is 8.49. The number of rotatable bonds is 9. The fourth-order valence-corrected chi connectivity index (χ4v) is 16.4. The number of nitrogens with zero attached hydrogens (tertiary/aromatic N) is 6. The summed E-state index contributed by atoms with van der Waals surface area (Å²) < 4.78 is 26.8. The zero-order chi connectivity index (χ0) is 66.7. The molecule has 0 spiro atoms. The van der Waals surface area contributed by atoms with Crippen LogP contribution in [0.15, 0.2) is 341 Å². The van der Waals surface area contributed by atoms with E-state index < -0.39 is 0 Å². The Kier molecular flexibility index (Phi) is 12.0. The topological polar surface area (TPSA) is 92.9 Å². The van der Waals surface area contributed by atoms with Crippen LogP contribution < -0.4 is 0 Å². The van der Waals surface area contributed by atoms with E-state index in [1.807, 2.05) is 0 Å². The molecule has 9 heteroatoms. The molecule has 0 atom stereocenters. The second-order valence-corrected chi connectivity index (χ2v) is 26.5. The van der Waals surface area contributed by atoms with Gasteiger partial charge in [-0.2, -0.15) is 0 Å². The zero-order valence-electron chi connectivity index (χ0n) is 54.6. The molecule has 0 aliphatic rings. The van der Waals surface area contributed by atoms with Crippen molar-refractivity contribution in [2.75, 3.05) is 0 Å². The van der Waals surface area contributed by atoms with E-state index in [0.717, 1.165) is 198 Å². The normalized spacial score (nSPS) is 12.1. The Bertz CT molecular complexity index is 6550. The van der Waals surface area contributed by atoms with Crippen molar-refractivity contribution in [3.63, 3.8) is 0 Å². The van der Waals surface area contributed by atoms with Crippen LogP contribution in [0.4, 0.5) is 0 Å². The molecule has 0 saturated carbocycles. The Morgan fingerprint density at radius 3 is 0.784 bits per heavy atom. The van der Waals surface area contributed by atoms with Crippen molar-refractivity contribution in [3.8, 4) is 84.6 Å². The van der Waals surface area contributed by atoms with Gasteiger partial charge in [0, 0.05) is 98.4 Å². The second kappa shape index (κ2) is 21.8. The van der Waals surface area contributed by atoms with Crippen LogP contribution in [0.2, 0.25) is 0 Å². The van der Waals surface area contributed by atoms with Crippen molar-refractivity contribution in [3.05, 3.63) is 328 Å². The third-order valence-corrected chi connectivity index (χ3v) is 20.9. The van der Waals surface area contributed by atoms with E-state index in [0.29, 0.717) is 17.5 Å². The maximum absolute atomic E-state index is 6.57. The summed E-state index contributed by atoms with van der Waals surface area (Å²) in [4.78, 5) is 16.6. The van der Waals surface area contributed by atoms with Gasteiger partial charge in [0.2, 0.25) is 0 Å². The zero-order valence-corrected chi connectivity index (χ0v) is 54.6. The van der Waals surface area contributed by atoms with Crippen LogP contribution in [0.5, 0.6) is 0 Å². The molecule has 22 aromatic rings. The fraction of sp³-hybridized carbons (Fsp3) is 0. The monoisotopic (exact) mass is 1300 g/mol. The molecule has 0 radical (unpaired) electrons. The van der Waals surface area contributed by atoms with E-state index in [2.05, 4.69) is 341 Å². The lowest BCUT2D eigenvalue weighted by molar-refractivity contribution is 0.668. The van der Waals surface area contributed by atoms with Gasteiger partial charge in [0.25, 0.3) is 0 Å². The maximum Gasteiger partial charge on any atom is 0.164 e. The molecule has 0 saturated heterocycles. The van der Waals surface area contributed by atoms with Crippen molar-refractivity contribution >= 4 is 131 Å². The van der Waals surface area contributed by atoms with Gasteiger partial charge < -0.3 is 27.0 Å². The molecule has 0 unspecified atom stereocenters. The van der Waals surface area contributed by atoms with Crippen LogP contribution >= 0.6 is 0 Å². The third-order valence-electron chi connectivity index (χ3n) is 20.9. The minimum absolute atomic E-state index is 0.560. The van der Waals surface area contributed by atoms with Crippen LogP contribution in [0.1, 0.15) is 0 Å². The number of hydrogen-bond acceptors (Lipinski definition) is 6. The average Bonchev–Trinajstić information content (AvgIpc) is 1.58. The quantitative estimate of drug-likeness (QED) is 0.143. The smallest absolute Gasteiger partial charge is 0.164 e. The lowest BCUT2D eigenvalue weighted by Gasteiger charge is -2.11. The molecule has 0 aliphatic carbocycles. The molecule has 0 amide bonds. The van der Waals surface area contributed by atoms with Gasteiger partial charge in [0.05, 0.1) is 33.1 Å². The lowest BCUT2D eigenvalue weighted by atomic mass is 9.99. The standard InChI is InChI=1S/C93H54N6O3/c1-4-19-55(20-5-1)64-28-16-34-85-88(64)73-52-61(40-46-82(73)100-85)97-76-31-13-10-25-67(76)70-49-58(37-43-79(70)97)91-94-92(59-38-44-80-71(50-59)68-26-11-14-32-77(68)98(80)62-41-47-83-74(53-62)89-65(29-17-35-86(89)101-83)56-21-6-2-7-22-56)96-93(95-91)60-39-45-81-72(51-60)69-27-12-15-33-78(69)99(81)63-42-48-84-75(54-63)90-66(30-18-36-87(90)102-84)57-23-8-3-9-24-57/h1-54H. The Balaban J connectivity index is 0.725. The predicted octanol–water partition coefficient (Wildman–Crippen LogP) is 24.9. The number of fused-ring (bicyclic) bond motifs is 18. The Morgan fingerprint density at radius 1 is 0.186 bits per heavy atom. The van der Waals surface area contributed by atoms with Gasteiger partial charge in [-0.15, -0.1) is 0 Å². The van der Waals surface area contributed by atoms with Gasteiger partial charge >= 0.3 is 0 Å². The predicted molar refractivity (Wildman–Crippen MR) is 417 cm³/mol. The largest absolute Gasteiger partial charge is 0.456 e. The maximum atomic E-state index is 6.57. The summed E-state index contributed by atoms with van der Waals surface area (Å²) in [5.74, 6) is 1.68. The molecule has 0 fully saturated rings. The first-order valence-electron chi connectivity index (χ1n) is 34.5. The summed E-state index contributed by atoms with van der Waals surface area (Å²) >= 11 is 0. The van der Waals surface area contributed by atoms with Gasteiger partial charge in [-0.25, -0.2) is 15.0 Å². The van der Waals surface area contributed by atoms with Crippen molar-refractivity contribution in [2.45, 2.75) is 0 Å². The first-order valence-corrected chi connectivity index (χ1v) is 34.5. The van der Waals surface area contributed by atoms with Gasteiger partial charge in [-0.3, -0.25) is 0 Å². The Hall–Kier alpha value is -13.9. The minimum Gasteiger partial charge on any atom is -0.456 e. The molecule has 22 rings (SSSR count). The van der Waals surface area contributed by atoms with E-state index >= 15 is 0 Å². The summed E-state index contributed by atoms with van der Waals surface area (Å²) in [6, 6.07) is 116. The Labute approximate surface area is 581 Å². The molecule has 7 aromatic heterocycles. The van der Waals surface area contributed by atoms with Crippen LogP contribution in [-0.4, -0.2) is 28.7 Å². The summed E-state index contributed by atoms with van der Waals surface area (Å²) in [5.41, 5.74) is 24.1. The van der Waals surface area contributed by atoms with Crippen LogP contribution in [-0.2, 0) is 0 Å². The van der Waals surface area contributed by atoms with Crippen molar-refractivity contribution in [1.29, 1.82) is 0 Å². The van der Waals surface area contributed by atoms with Crippen LogP contribution in [0.3, 0.4) is 0 Å². The molecular formula is C93H54N6O3. The second-order valence-electron chi connectivity index (χ2n) is 26.5. The molecule has 9 nitrogen and oxygen atoms in total. The molecule has 102 heavy (non-hydrogen) atoms. The number of aromatic nitrogens is 6. The minimum atomic E-state index is 0.560. The summed E-state index contributed by atoms with van der Waals surface area (Å²) in [6.45, 7) is 0. The molecule has 474 valence electrons. The van der Waals surface area contributed by atoms with Crippen LogP contribution in [0, 0.1) is 0 Å². The number of hydrogen-bond donors (Lipinski definition) is 0. The van der Waals surface area contributed by atoms with Crippen LogP contribution in [0.25, 0.3) is 216 Å². The van der Waals surface area contributed by atoms with Gasteiger partial charge in [-0.1, -0.05) is 182 Å². The highest BCUT2D eigenvalue weighted by atomic mass is 16.3. The molecule has 15 aromatic carbocycles. The van der Waals surface area contributed by atoms with Crippen molar-refractivity contribution in [1.82, 2.24) is 28.7 Å². The van der Waals surface area contributed by atoms with E-state index in [1.165, 1.54) is 0 Å². The summed E-state index contributed by atoms with van der Waals surface area (Å²) in [7, 11) is 0. The van der Waals surface area contributed by atoms with Crippen molar-refractivity contribution in [2.24, 2.45) is 0 Å². The highest BCUT2D eigenvalue weighted by Gasteiger charge is 2.24. The summed E-state index contributed by atoms with van der Waals surface area (Å²) in [5, 5.41) is 13.0. The molecule has 0 N–H and O–H groups in total. The van der Waals surface area contributed by atoms with E-state index in [1.54, 1.807) is 0 Å². The molecule has 0 bridgehead atoms. The highest BCUT2D eigenvalue weighted by molar-refractivity contribution is 6.18. The Morgan fingerprint density at radius 2 is 0.471 bits per heavy atom. The van der Waals surface area contributed by atoms with E-state index in [4.69, 9.17) is 28.2 Å². The first kappa shape index (κ1) is 56.2. The van der Waals surface area contributed by atoms with Crippen molar-refractivity contribution < 1.29 is 13.3 Å². The highest BCUT2D eigenvalue weighted by Crippen LogP contribution is 2.45. The average molecular weight is 1300 g/mol. The van der Waals surface area contributed by atoms with Gasteiger partial charge in [0.15, 0.2) is 17.5 Å². The fourth-order valence-electron chi connectivity index (χ4n) is 16.4. The van der Waals surface area contributed by atoms with E-state index in [-0.39, 0.29) is 0 Å². The first-order chi connectivity index (χ1) is 50.5. The van der Waals surface area contributed by atoms with E-state index in [9.17, 15) is 0 Å². The SMILES string of the molecule is c1ccc(-c2cccc3oc4ccc(-n5c6ccccc6c6cc(-c7nc(-c8ccc9c(c8)c8ccccc8n9-c8ccc9oc%10cccc(-c%11ccccc%11)c%10c9c8)nc(-c8ccc9c(c8)c8ccccc8n9-c8ccc9oc%10cccc(-c%11ccccc%11)c%10c9c8)n7)ccc65)cc4c23)cc1. The summed E-state index contributed by atoms with van der Waals surface area (Å²) in [6.07, 6.45) is 0. The molecular weight excluding hydrogens is 1250 g/mol. The molecule has 0 aliphatic heterocycles. The van der Waals surface area contributed by atoms with Gasteiger partial charge in [0.1, 0.15) is 33.5 Å². The number of furan rings is 3. The lowest BCUT2D eigenvalue weighted by Crippen LogP contribution is -2.01. The molecule has 7 heterocycles.